The Kier molecular flexibility index (Phi) is 10.2. The molecule has 160 valence electrons. The number of nitrogens with one attached hydrogen (secondary N) is 1. The predicted molar refractivity (Wildman–Crippen MR) is 110 cm³/mol. The van der Waals surface area contributed by atoms with E-state index in [1.165, 1.54) is 49.4 Å². The Morgan fingerprint density at radius 3 is 2.45 bits per heavy atom. The highest BCUT2D eigenvalue weighted by Crippen LogP contribution is 2.15. The molecule has 0 aromatic carbocycles. The summed E-state index contributed by atoms with van der Waals surface area (Å²) in [6, 6.07) is 2.37. The Hall–Kier alpha value is -2.44. The van der Waals surface area contributed by atoms with E-state index < -0.39 is 12.0 Å². The van der Waals surface area contributed by atoms with Gasteiger partial charge >= 0.3 is 5.97 Å². The summed E-state index contributed by atoms with van der Waals surface area (Å²) >= 11 is 0. The van der Waals surface area contributed by atoms with Gasteiger partial charge in [0.1, 0.15) is 6.04 Å². The van der Waals surface area contributed by atoms with E-state index in [4.69, 9.17) is 4.74 Å². The van der Waals surface area contributed by atoms with Crippen LogP contribution in [0.25, 0.3) is 0 Å². The normalized spacial score (nSPS) is 16.4. The lowest BCUT2D eigenvalue weighted by Crippen LogP contribution is -2.57. The van der Waals surface area contributed by atoms with E-state index in [1.807, 2.05) is 0 Å². The van der Waals surface area contributed by atoms with E-state index in [1.54, 1.807) is 12.1 Å². The van der Waals surface area contributed by atoms with E-state index in [9.17, 15) is 14.4 Å². The molecule has 1 aromatic rings. The van der Waals surface area contributed by atoms with Gasteiger partial charge in [-0.15, -0.1) is 0 Å². The van der Waals surface area contributed by atoms with Crippen LogP contribution in [0.4, 0.5) is 0 Å². The molecule has 0 bridgehead atoms. The summed E-state index contributed by atoms with van der Waals surface area (Å²) < 4.78 is 5.31. The number of hydrogen-bond donors (Lipinski definition) is 1. The van der Waals surface area contributed by atoms with Crippen molar-refractivity contribution in [2.75, 3.05) is 19.7 Å². The summed E-state index contributed by atoms with van der Waals surface area (Å²) in [6.07, 6.45) is 12.3. The largest absolute Gasteiger partial charge is 0.466 e. The van der Waals surface area contributed by atoms with Gasteiger partial charge in [0.15, 0.2) is 0 Å². The number of ether oxygens (including phenoxy) is 1. The van der Waals surface area contributed by atoms with Crippen LogP contribution in [-0.2, 0) is 14.3 Å². The fraction of sp³-hybridized carbons (Fsp3) is 0.636. The molecule has 1 unspecified atom stereocenters. The van der Waals surface area contributed by atoms with Gasteiger partial charge in [0.05, 0.1) is 13.0 Å². The van der Waals surface area contributed by atoms with Crippen molar-refractivity contribution in [2.24, 2.45) is 0 Å². The highest BCUT2D eigenvalue weighted by molar-refractivity contribution is 5.99. The molecular weight excluding hydrogens is 370 g/mol. The lowest BCUT2D eigenvalue weighted by atomic mass is 10.1. The van der Waals surface area contributed by atoms with Crippen LogP contribution in [0.1, 0.15) is 75.1 Å². The van der Waals surface area contributed by atoms with Crippen LogP contribution in [0.2, 0.25) is 0 Å². The molecule has 1 aliphatic heterocycles. The summed E-state index contributed by atoms with van der Waals surface area (Å²) in [5, 5.41) is 2.73. The van der Waals surface area contributed by atoms with Gasteiger partial charge in [0.25, 0.3) is 5.91 Å². The summed E-state index contributed by atoms with van der Waals surface area (Å²) in [6.45, 7) is 3.31. The molecule has 2 amide bonds. The zero-order valence-electron chi connectivity index (χ0n) is 17.4. The number of aromatic nitrogens is 1. The number of rotatable bonds is 12. The van der Waals surface area contributed by atoms with Crippen LogP contribution < -0.4 is 5.32 Å². The average Bonchev–Trinajstić information content (AvgIpc) is 2.74. The number of hydrogen-bond acceptors (Lipinski definition) is 5. The molecule has 7 heteroatoms. The lowest BCUT2D eigenvalue weighted by Gasteiger charge is -2.34. The van der Waals surface area contributed by atoms with Gasteiger partial charge < -0.3 is 15.0 Å². The molecule has 1 aromatic heterocycles. The first-order valence-corrected chi connectivity index (χ1v) is 10.8. The number of unbranched alkanes of at least 4 members (excludes halogenated alkanes) is 7. The van der Waals surface area contributed by atoms with Crippen molar-refractivity contribution in [2.45, 2.75) is 70.8 Å². The Morgan fingerprint density at radius 1 is 1.10 bits per heavy atom. The van der Waals surface area contributed by atoms with Gasteiger partial charge in [0, 0.05) is 31.0 Å². The lowest BCUT2D eigenvalue weighted by molar-refractivity contribution is -0.147. The van der Waals surface area contributed by atoms with Crippen molar-refractivity contribution in [3.8, 4) is 0 Å². The Balaban J connectivity index is 1.73. The van der Waals surface area contributed by atoms with E-state index in [0.717, 1.165) is 19.3 Å². The number of piperazine rings is 1. The second kappa shape index (κ2) is 12.9. The molecule has 1 atom stereocenters. The van der Waals surface area contributed by atoms with Crippen molar-refractivity contribution < 1.29 is 19.1 Å². The maximum absolute atomic E-state index is 12.7. The smallest absolute Gasteiger partial charge is 0.308 e. The van der Waals surface area contributed by atoms with Crippen LogP contribution in [0.5, 0.6) is 0 Å². The first kappa shape index (κ1) is 22.8. The van der Waals surface area contributed by atoms with Crippen LogP contribution in [-0.4, -0.2) is 53.4 Å². The number of pyridine rings is 1. The second-order valence-electron chi connectivity index (χ2n) is 7.44. The molecule has 1 fully saturated rings. The van der Waals surface area contributed by atoms with E-state index in [-0.39, 0.29) is 18.2 Å². The second-order valence-corrected chi connectivity index (χ2v) is 7.44. The van der Waals surface area contributed by atoms with Crippen molar-refractivity contribution in [3.63, 3.8) is 0 Å². The molecule has 0 aliphatic carbocycles. The number of carbonyl (C=O) groups excluding carboxylic acids is 3. The molecule has 1 saturated heterocycles. The summed E-state index contributed by atoms with van der Waals surface area (Å²) in [7, 11) is 0. The van der Waals surface area contributed by atoms with Crippen molar-refractivity contribution in [1.82, 2.24) is 15.2 Å². The molecule has 7 nitrogen and oxygen atoms in total. The Labute approximate surface area is 173 Å². The third kappa shape index (κ3) is 7.83. The maximum atomic E-state index is 12.7. The highest BCUT2D eigenvalue weighted by Gasteiger charge is 2.35. The highest BCUT2D eigenvalue weighted by atomic mass is 16.5. The standard InChI is InChI=1S/C22H33N3O4/c1-2-3-4-5-6-7-8-9-16-29-20(26)17-19-21(27)24-14-15-25(19)22(28)18-10-12-23-13-11-18/h10-13,19H,2-9,14-17H2,1H3,(H,24,27). The number of nitrogens with zero attached hydrogens (tertiary/aromatic N) is 2. The summed E-state index contributed by atoms with van der Waals surface area (Å²) in [4.78, 5) is 42.6. The van der Waals surface area contributed by atoms with Gasteiger partial charge in [-0.1, -0.05) is 51.9 Å². The Bertz CT molecular complexity index is 651. The number of amides is 2. The molecule has 0 radical (unpaired) electrons. The molecule has 1 aliphatic rings. The SMILES string of the molecule is CCCCCCCCCCOC(=O)CC1C(=O)NCCN1C(=O)c1ccncc1. The topological polar surface area (TPSA) is 88.6 Å². The number of esters is 1. The average molecular weight is 404 g/mol. The molecule has 2 heterocycles. The zero-order valence-corrected chi connectivity index (χ0v) is 17.4. The first-order chi connectivity index (χ1) is 14.1. The minimum atomic E-state index is -0.838. The molecular formula is C22H33N3O4. The van der Waals surface area contributed by atoms with Crippen LogP contribution >= 0.6 is 0 Å². The fourth-order valence-corrected chi connectivity index (χ4v) is 3.46. The quantitative estimate of drug-likeness (QED) is 0.428. The third-order valence-electron chi connectivity index (χ3n) is 5.14. The van der Waals surface area contributed by atoms with Crippen molar-refractivity contribution in [3.05, 3.63) is 30.1 Å². The van der Waals surface area contributed by atoms with Crippen LogP contribution in [0.3, 0.4) is 0 Å². The predicted octanol–water partition coefficient (Wildman–Crippen LogP) is 3.10. The van der Waals surface area contributed by atoms with Gasteiger partial charge in [-0.05, 0) is 18.6 Å². The number of carbonyl (C=O) groups is 3. The van der Waals surface area contributed by atoms with Gasteiger partial charge in [-0.3, -0.25) is 19.4 Å². The summed E-state index contributed by atoms with van der Waals surface area (Å²) in [5.41, 5.74) is 0.451. The molecule has 1 N–H and O–H groups in total. The van der Waals surface area contributed by atoms with E-state index >= 15 is 0 Å². The van der Waals surface area contributed by atoms with Crippen LogP contribution in [0, 0.1) is 0 Å². The van der Waals surface area contributed by atoms with Gasteiger partial charge in [0.2, 0.25) is 5.91 Å². The van der Waals surface area contributed by atoms with Crippen molar-refractivity contribution >= 4 is 17.8 Å². The third-order valence-corrected chi connectivity index (χ3v) is 5.14. The summed E-state index contributed by atoms with van der Waals surface area (Å²) in [5.74, 6) is -1.03. The van der Waals surface area contributed by atoms with Gasteiger partial charge in [-0.2, -0.15) is 0 Å². The molecule has 2 rings (SSSR count). The molecule has 0 saturated carbocycles. The van der Waals surface area contributed by atoms with Crippen LogP contribution in [0.15, 0.2) is 24.5 Å². The minimum Gasteiger partial charge on any atom is -0.466 e. The first-order valence-electron chi connectivity index (χ1n) is 10.8. The van der Waals surface area contributed by atoms with E-state index in [0.29, 0.717) is 25.3 Å². The molecule has 29 heavy (non-hydrogen) atoms. The maximum Gasteiger partial charge on any atom is 0.308 e. The van der Waals surface area contributed by atoms with E-state index in [2.05, 4.69) is 17.2 Å². The molecule has 0 spiro atoms. The monoisotopic (exact) mass is 403 g/mol. The van der Waals surface area contributed by atoms with Gasteiger partial charge in [-0.25, -0.2) is 0 Å². The fourth-order valence-electron chi connectivity index (χ4n) is 3.46. The van der Waals surface area contributed by atoms with Crippen molar-refractivity contribution in [1.29, 1.82) is 0 Å². The Morgan fingerprint density at radius 2 is 1.76 bits per heavy atom. The zero-order chi connectivity index (χ0) is 20.9. The minimum absolute atomic E-state index is 0.125.